The van der Waals surface area contributed by atoms with Gasteiger partial charge in [0.25, 0.3) is 5.56 Å². The van der Waals surface area contributed by atoms with Crippen LogP contribution in [0.25, 0.3) is 27.6 Å². The van der Waals surface area contributed by atoms with Crippen molar-refractivity contribution >= 4 is 77.9 Å². The van der Waals surface area contributed by atoms with Crippen molar-refractivity contribution in [3.05, 3.63) is 87.2 Å². The molecule has 0 aliphatic heterocycles. The number of nitrogens with zero attached hydrogens (tertiary/aromatic N) is 1. The van der Waals surface area contributed by atoms with Gasteiger partial charge in [-0.15, -0.1) is 0 Å². The second-order valence-electron chi connectivity index (χ2n) is 9.46. The molecule has 8 nitrogen and oxygen atoms in total. The molecule has 0 unspecified atom stereocenters. The first-order valence-electron chi connectivity index (χ1n) is 10.9. The molecule has 184 valence electrons. The summed E-state index contributed by atoms with van der Waals surface area (Å²) in [6, 6.07) is 16.2. The van der Waals surface area contributed by atoms with Crippen molar-refractivity contribution in [1.29, 1.82) is 0 Å². The van der Waals surface area contributed by atoms with Crippen LogP contribution in [0.5, 0.6) is 5.75 Å². The number of sulfonamides is 1. The molecule has 0 aliphatic carbocycles. The molecule has 4 rings (SSSR count). The van der Waals surface area contributed by atoms with Gasteiger partial charge in [0.05, 0.1) is 19.1 Å². The van der Waals surface area contributed by atoms with Crippen molar-refractivity contribution in [3.63, 3.8) is 0 Å². The molecule has 0 spiro atoms. The number of nitrogens with one attached hydrogen (secondary N) is 2. The Hall–Kier alpha value is -2.21. The maximum atomic E-state index is 12.5. The van der Waals surface area contributed by atoms with Crippen molar-refractivity contribution in [2.45, 2.75) is 26.2 Å². The molecule has 0 amide bonds. The number of H-pyrrole nitrogens is 1. The van der Waals surface area contributed by atoms with E-state index in [2.05, 4.69) is 30.5 Å². The topological polar surface area (TPSA) is 110 Å². The van der Waals surface area contributed by atoms with E-state index in [1.54, 1.807) is 19.2 Å². The Labute approximate surface area is 252 Å². The number of ether oxygens (including phenoxy) is 1. The van der Waals surface area contributed by atoms with Gasteiger partial charge >= 0.3 is 57.1 Å². The first-order valence-corrected chi connectivity index (χ1v) is 12.8. The van der Waals surface area contributed by atoms with Gasteiger partial charge in [-0.1, -0.05) is 39.0 Å². The molecular weight excluding hydrogens is 505 g/mol. The maximum absolute atomic E-state index is 12.5. The molecule has 0 aliphatic rings. The van der Waals surface area contributed by atoms with E-state index in [-0.39, 0.29) is 56.8 Å². The SMILES string of the molecule is COc1c(-c2ccc3cc(NS(C)(=O)=O)ccc3c2)cc(-n2ccc(=O)[nH]c2=O)cc1C(C)(C)C.[KH]. The Bertz CT molecular complexity index is 1670. The first kappa shape index (κ1) is 28.4. The minimum atomic E-state index is -3.38. The zero-order valence-electron chi connectivity index (χ0n) is 20.2. The average Bonchev–Trinajstić information content (AvgIpc) is 2.76. The van der Waals surface area contributed by atoms with Gasteiger partial charge in [0.15, 0.2) is 0 Å². The van der Waals surface area contributed by atoms with Crippen LogP contribution in [0.3, 0.4) is 0 Å². The van der Waals surface area contributed by atoms with E-state index in [4.69, 9.17) is 4.74 Å². The molecule has 3 aromatic carbocycles. The Kier molecular flexibility index (Phi) is 8.39. The van der Waals surface area contributed by atoms with Gasteiger partial charge in [-0.25, -0.2) is 13.2 Å². The van der Waals surface area contributed by atoms with Gasteiger partial charge < -0.3 is 4.74 Å². The molecule has 10 heteroatoms. The third-order valence-corrected chi connectivity index (χ3v) is 6.25. The fourth-order valence-electron chi connectivity index (χ4n) is 4.06. The standard InChI is InChI=1S/C26H27N3O5S.K.H/c1-26(2,3)22-15-20(29-11-10-23(30)27-25(29)31)14-21(24(22)34-4)18-7-6-17-13-19(28-35(5,32)33)9-8-16(17)12-18;;/h6-15,28H,1-5H3,(H,27,30,31);;. The van der Waals surface area contributed by atoms with Crippen LogP contribution in [0.15, 0.2) is 70.4 Å². The van der Waals surface area contributed by atoms with Gasteiger partial charge in [0, 0.05) is 29.1 Å². The summed E-state index contributed by atoms with van der Waals surface area (Å²) in [6.07, 6.45) is 2.57. The van der Waals surface area contributed by atoms with Crippen LogP contribution >= 0.6 is 0 Å². The minimum absolute atomic E-state index is 0. The molecule has 0 saturated heterocycles. The zero-order valence-corrected chi connectivity index (χ0v) is 21.0. The van der Waals surface area contributed by atoms with E-state index in [0.717, 1.165) is 33.7 Å². The number of fused-ring (bicyclic) bond motifs is 1. The van der Waals surface area contributed by atoms with Crippen molar-refractivity contribution in [3.8, 4) is 22.6 Å². The molecule has 36 heavy (non-hydrogen) atoms. The summed E-state index contributed by atoms with van der Waals surface area (Å²) < 4.78 is 32.9. The molecule has 0 bridgehead atoms. The van der Waals surface area contributed by atoms with Gasteiger partial charge in [-0.05, 0) is 52.1 Å². The summed E-state index contributed by atoms with van der Waals surface area (Å²) in [4.78, 5) is 26.4. The third-order valence-electron chi connectivity index (χ3n) is 5.64. The second kappa shape index (κ2) is 10.6. The molecule has 1 aromatic heterocycles. The zero-order chi connectivity index (χ0) is 25.5. The van der Waals surface area contributed by atoms with Gasteiger partial charge in [0.2, 0.25) is 10.0 Å². The molecule has 0 fully saturated rings. The van der Waals surface area contributed by atoms with Gasteiger partial charge in [-0.3, -0.25) is 19.1 Å². The van der Waals surface area contributed by atoms with Crippen molar-refractivity contribution < 1.29 is 13.2 Å². The number of hydrogen-bond donors (Lipinski definition) is 2. The average molecular weight is 534 g/mol. The number of aromatic nitrogens is 2. The second-order valence-corrected chi connectivity index (χ2v) is 11.2. The van der Waals surface area contributed by atoms with Crippen LogP contribution in [-0.4, -0.2) is 82.7 Å². The fourth-order valence-corrected chi connectivity index (χ4v) is 4.61. The van der Waals surface area contributed by atoms with E-state index in [9.17, 15) is 18.0 Å². The normalized spacial score (nSPS) is 11.7. The monoisotopic (exact) mass is 533 g/mol. The molecule has 0 saturated carbocycles. The molecule has 4 aromatic rings. The predicted molar refractivity (Wildman–Crippen MR) is 146 cm³/mol. The van der Waals surface area contributed by atoms with E-state index < -0.39 is 21.3 Å². The van der Waals surface area contributed by atoms with E-state index >= 15 is 0 Å². The molecular formula is C26H28KN3O5S. The first-order chi connectivity index (χ1) is 16.4. The third kappa shape index (κ3) is 6.19. The van der Waals surface area contributed by atoms with Crippen molar-refractivity contribution in [1.82, 2.24) is 9.55 Å². The number of anilines is 1. The fraction of sp³-hybridized carbons (Fsp3) is 0.231. The van der Waals surface area contributed by atoms with Crippen LogP contribution in [0.2, 0.25) is 0 Å². The molecule has 0 atom stereocenters. The summed E-state index contributed by atoms with van der Waals surface area (Å²) in [5.41, 5.74) is 2.34. The van der Waals surface area contributed by atoms with Crippen LogP contribution in [0.1, 0.15) is 26.3 Å². The van der Waals surface area contributed by atoms with E-state index in [0.29, 0.717) is 17.1 Å². The van der Waals surface area contributed by atoms with Gasteiger partial charge in [0.1, 0.15) is 5.75 Å². The molecule has 2 N–H and O–H groups in total. The summed E-state index contributed by atoms with van der Waals surface area (Å²) in [6.45, 7) is 6.18. The van der Waals surface area contributed by atoms with Crippen molar-refractivity contribution in [2.24, 2.45) is 0 Å². The number of rotatable bonds is 5. The Morgan fingerprint density at radius 1 is 0.944 bits per heavy atom. The number of benzene rings is 3. The summed E-state index contributed by atoms with van der Waals surface area (Å²) in [5.74, 6) is 0.688. The Balaban J connectivity index is 0.00000361. The van der Waals surface area contributed by atoms with Crippen LogP contribution in [0.4, 0.5) is 5.69 Å². The summed E-state index contributed by atoms with van der Waals surface area (Å²) in [5, 5.41) is 1.78. The van der Waals surface area contributed by atoms with Gasteiger partial charge in [-0.2, -0.15) is 0 Å². The number of methoxy groups -OCH3 is 1. The summed E-state index contributed by atoms with van der Waals surface area (Å²) >= 11 is 0. The quantitative estimate of drug-likeness (QED) is 0.382. The molecule has 0 radical (unpaired) electrons. The van der Waals surface area contributed by atoms with E-state index in [1.807, 2.05) is 36.4 Å². The van der Waals surface area contributed by atoms with Crippen LogP contribution in [0, 0.1) is 0 Å². The Morgan fingerprint density at radius 2 is 1.61 bits per heavy atom. The predicted octanol–water partition coefficient (Wildman–Crippen LogP) is 3.38. The number of hydrogen-bond acceptors (Lipinski definition) is 5. The summed E-state index contributed by atoms with van der Waals surface area (Å²) in [7, 11) is -1.76. The van der Waals surface area contributed by atoms with Crippen LogP contribution < -0.4 is 20.7 Å². The van der Waals surface area contributed by atoms with Crippen molar-refractivity contribution in [2.75, 3.05) is 18.1 Å². The number of aromatic amines is 1. The Morgan fingerprint density at radius 3 is 2.22 bits per heavy atom. The molecule has 1 heterocycles. The van der Waals surface area contributed by atoms with Crippen LogP contribution in [-0.2, 0) is 15.4 Å². The van der Waals surface area contributed by atoms with E-state index in [1.165, 1.54) is 16.8 Å².